The van der Waals surface area contributed by atoms with Gasteiger partial charge < -0.3 is 15.3 Å². The van der Waals surface area contributed by atoms with Crippen LogP contribution in [0.4, 0.5) is 10.2 Å². The van der Waals surface area contributed by atoms with E-state index in [4.69, 9.17) is 0 Å². The van der Waals surface area contributed by atoms with Gasteiger partial charge >= 0.3 is 0 Å². The van der Waals surface area contributed by atoms with Crippen molar-refractivity contribution < 1.29 is 9.50 Å². The Hall–Kier alpha value is -3.00. The predicted octanol–water partition coefficient (Wildman–Crippen LogP) is 2.92. The van der Waals surface area contributed by atoms with E-state index >= 15 is 0 Å². The number of anilines is 1. The van der Waals surface area contributed by atoms with Gasteiger partial charge in [0.25, 0.3) is 0 Å². The lowest BCUT2D eigenvalue weighted by molar-refractivity contribution is 0.176. The zero-order valence-electron chi connectivity index (χ0n) is 17.0. The average Bonchev–Trinajstić information content (AvgIpc) is 3.37. The second kappa shape index (κ2) is 7.36. The Morgan fingerprint density at radius 2 is 2.03 bits per heavy atom. The molecule has 0 amide bonds. The van der Waals surface area contributed by atoms with E-state index in [1.807, 2.05) is 37.3 Å². The molecule has 2 bridgehead atoms. The molecule has 7 nitrogen and oxygen atoms in total. The van der Waals surface area contributed by atoms with Gasteiger partial charge in [0.1, 0.15) is 17.7 Å². The fourth-order valence-electron chi connectivity index (χ4n) is 4.66. The molecule has 4 heterocycles. The summed E-state index contributed by atoms with van der Waals surface area (Å²) < 4.78 is 16.6. The number of halogens is 1. The Kier molecular flexibility index (Phi) is 4.66. The first-order chi connectivity index (χ1) is 14.5. The van der Waals surface area contributed by atoms with Gasteiger partial charge in [0, 0.05) is 43.5 Å². The molecule has 1 aromatic carbocycles. The molecule has 2 N–H and O–H groups in total. The van der Waals surface area contributed by atoms with Crippen LogP contribution in [0.1, 0.15) is 19.3 Å². The summed E-state index contributed by atoms with van der Waals surface area (Å²) in [6.45, 7) is 0. The minimum absolute atomic E-state index is 0.0568. The summed E-state index contributed by atoms with van der Waals surface area (Å²) in [5.41, 5.74) is 2.99. The number of alkyl halides is 1. The average molecular weight is 408 g/mol. The van der Waals surface area contributed by atoms with Crippen molar-refractivity contribution in [2.75, 3.05) is 11.9 Å². The number of fused-ring (bicyclic) bond motifs is 2. The van der Waals surface area contributed by atoms with Crippen LogP contribution in [-0.4, -0.2) is 56.2 Å². The quantitative estimate of drug-likeness (QED) is 0.691. The number of hydrogen-bond acceptors (Lipinski definition) is 6. The van der Waals surface area contributed by atoms with Gasteiger partial charge in [-0.15, -0.1) is 0 Å². The first-order valence-corrected chi connectivity index (χ1v) is 10.3. The number of aromatic hydroxyl groups is 1. The number of hydrogen-bond donors (Lipinski definition) is 2. The van der Waals surface area contributed by atoms with Crippen molar-refractivity contribution in [2.24, 2.45) is 7.05 Å². The zero-order chi connectivity index (χ0) is 20.8. The maximum Gasteiger partial charge on any atom is 0.147 e. The van der Waals surface area contributed by atoms with E-state index in [-0.39, 0.29) is 17.8 Å². The predicted molar refractivity (Wildman–Crippen MR) is 113 cm³/mol. The molecule has 156 valence electrons. The topological polar surface area (TPSA) is 79.1 Å². The van der Waals surface area contributed by atoms with Gasteiger partial charge in [-0.1, -0.05) is 6.07 Å². The van der Waals surface area contributed by atoms with Gasteiger partial charge in [-0.05, 0) is 37.0 Å². The third kappa shape index (κ3) is 3.31. The molecule has 2 aliphatic heterocycles. The smallest absolute Gasteiger partial charge is 0.147 e. The molecule has 2 fully saturated rings. The summed E-state index contributed by atoms with van der Waals surface area (Å²) in [5, 5.41) is 18.1. The molecule has 5 rings (SSSR count). The highest BCUT2D eigenvalue weighted by Gasteiger charge is 2.43. The zero-order valence-corrected chi connectivity index (χ0v) is 17.0. The van der Waals surface area contributed by atoms with Crippen LogP contribution >= 0.6 is 0 Å². The first kappa shape index (κ1) is 19.0. The molecule has 3 aromatic rings. The molecule has 2 unspecified atom stereocenters. The molecule has 0 spiro atoms. The molecule has 4 atom stereocenters. The monoisotopic (exact) mass is 408 g/mol. The van der Waals surface area contributed by atoms with E-state index in [1.165, 1.54) is 0 Å². The number of nitrogens with zero attached hydrogens (tertiary/aromatic N) is 5. The fraction of sp³-hybridized carbons (Fsp3) is 0.409. The first-order valence-electron chi connectivity index (χ1n) is 10.3. The van der Waals surface area contributed by atoms with E-state index in [9.17, 15) is 9.50 Å². The highest BCUT2D eigenvalue weighted by molar-refractivity contribution is 5.73. The Morgan fingerprint density at radius 1 is 1.17 bits per heavy atom. The number of rotatable bonds is 4. The standard InChI is InChI=1S/C22H25FN6O/c1-28-12-14(9-26-28)13-3-5-16(20(30)7-13)18-10-25-21(11-24-18)29(2)19-8-15-4-6-17(27-15)22(19)23/h3,5,7,9-12,15,17,19,22,27,30H,4,6,8H2,1-2H3/t15?,17?,19-,22+/m0/s1. The summed E-state index contributed by atoms with van der Waals surface area (Å²) in [5.74, 6) is 0.768. The molecule has 2 aliphatic rings. The number of benzene rings is 1. The number of aryl methyl sites for hydroxylation is 1. The molecule has 8 heteroatoms. The second-order valence-electron chi connectivity index (χ2n) is 8.30. The molecule has 30 heavy (non-hydrogen) atoms. The fourth-order valence-corrected chi connectivity index (χ4v) is 4.66. The molecule has 0 radical (unpaired) electrons. The SMILES string of the molecule is CN(c1cnc(-c2ccc(-c3cnn(C)c3)cc2O)cn1)[C@H]1CC2CCC(N2)[C@H]1F. The van der Waals surface area contributed by atoms with Gasteiger partial charge in [0.2, 0.25) is 0 Å². The number of nitrogens with one attached hydrogen (secondary N) is 1. The molecular weight excluding hydrogens is 383 g/mol. The third-order valence-electron chi connectivity index (χ3n) is 6.36. The largest absolute Gasteiger partial charge is 0.507 e. The summed E-state index contributed by atoms with van der Waals surface area (Å²) in [6, 6.07) is 5.58. The van der Waals surface area contributed by atoms with Crippen molar-refractivity contribution in [1.29, 1.82) is 0 Å². The lowest BCUT2D eigenvalue weighted by Gasteiger charge is -2.38. The minimum atomic E-state index is -0.917. The van der Waals surface area contributed by atoms with E-state index < -0.39 is 6.17 Å². The van der Waals surface area contributed by atoms with E-state index in [0.29, 0.717) is 23.1 Å². The van der Waals surface area contributed by atoms with Crippen LogP contribution in [0.25, 0.3) is 22.4 Å². The maximum absolute atomic E-state index is 14.9. The summed E-state index contributed by atoms with van der Waals surface area (Å²) in [4.78, 5) is 10.9. The highest BCUT2D eigenvalue weighted by Crippen LogP contribution is 2.34. The van der Waals surface area contributed by atoms with Crippen LogP contribution in [0.5, 0.6) is 5.75 Å². The van der Waals surface area contributed by atoms with Crippen molar-refractivity contribution in [3.8, 4) is 28.1 Å². The van der Waals surface area contributed by atoms with Crippen LogP contribution in [0.15, 0.2) is 43.0 Å². The summed E-state index contributed by atoms with van der Waals surface area (Å²) in [7, 11) is 3.73. The van der Waals surface area contributed by atoms with Gasteiger partial charge in [-0.25, -0.2) is 9.37 Å². The molecule has 0 aliphatic carbocycles. The number of phenols is 1. The van der Waals surface area contributed by atoms with Crippen LogP contribution in [0.2, 0.25) is 0 Å². The maximum atomic E-state index is 14.9. The Bertz CT molecular complexity index is 1050. The normalized spacial score (nSPS) is 25.4. The van der Waals surface area contributed by atoms with Crippen LogP contribution in [0.3, 0.4) is 0 Å². The Balaban J connectivity index is 1.36. The summed E-state index contributed by atoms with van der Waals surface area (Å²) in [6.07, 6.45) is 8.72. The number of aromatic nitrogens is 4. The van der Waals surface area contributed by atoms with Crippen molar-refractivity contribution in [3.63, 3.8) is 0 Å². The second-order valence-corrected chi connectivity index (χ2v) is 8.30. The molecule has 2 saturated heterocycles. The third-order valence-corrected chi connectivity index (χ3v) is 6.36. The van der Waals surface area contributed by atoms with Gasteiger partial charge in [-0.2, -0.15) is 5.10 Å². The van der Waals surface area contributed by atoms with Crippen molar-refractivity contribution in [3.05, 3.63) is 43.0 Å². The Morgan fingerprint density at radius 3 is 2.73 bits per heavy atom. The van der Waals surface area contributed by atoms with Crippen LogP contribution < -0.4 is 10.2 Å². The van der Waals surface area contributed by atoms with Crippen LogP contribution in [-0.2, 0) is 7.05 Å². The van der Waals surface area contributed by atoms with Crippen molar-refractivity contribution in [1.82, 2.24) is 25.1 Å². The lowest BCUT2D eigenvalue weighted by Crippen LogP contribution is -2.55. The van der Waals surface area contributed by atoms with Gasteiger partial charge in [0.15, 0.2) is 0 Å². The molecular formula is C22H25FN6O. The minimum Gasteiger partial charge on any atom is -0.507 e. The van der Waals surface area contributed by atoms with E-state index in [2.05, 4.69) is 20.4 Å². The van der Waals surface area contributed by atoms with Gasteiger partial charge in [0.05, 0.1) is 30.3 Å². The van der Waals surface area contributed by atoms with Crippen LogP contribution in [0, 0.1) is 0 Å². The van der Waals surface area contributed by atoms with E-state index in [1.54, 1.807) is 29.3 Å². The summed E-state index contributed by atoms with van der Waals surface area (Å²) >= 11 is 0. The van der Waals surface area contributed by atoms with Crippen molar-refractivity contribution in [2.45, 2.75) is 43.6 Å². The Labute approximate surface area is 174 Å². The lowest BCUT2D eigenvalue weighted by atomic mass is 9.96. The van der Waals surface area contributed by atoms with Crippen molar-refractivity contribution >= 4 is 5.82 Å². The molecule has 2 aromatic heterocycles. The highest BCUT2D eigenvalue weighted by atomic mass is 19.1. The number of piperidine rings is 1. The molecule has 0 saturated carbocycles. The number of phenolic OH excluding ortho intramolecular Hbond substituents is 1. The van der Waals surface area contributed by atoms with E-state index in [0.717, 1.165) is 30.4 Å². The van der Waals surface area contributed by atoms with Gasteiger partial charge in [-0.3, -0.25) is 9.67 Å².